The predicted octanol–water partition coefficient (Wildman–Crippen LogP) is 5.45. The molecular weight excluding hydrogens is 340 g/mol. The molecule has 1 heterocycles. The van der Waals surface area contributed by atoms with Crippen molar-refractivity contribution in [3.63, 3.8) is 0 Å². The molecule has 0 spiro atoms. The van der Waals surface area contributed by atoms with Crippen LogP contribution in [0.15, 0.2) is 54.6 Å². The Hall–Kier alpha value is -2.01. The molecule has 27 heavy (non-hydrogen) atoms. The Morgan fingerprint density at radius 1 is 0.852 bits per heavy atom. The Balaban J connectivity index is 1.55. The molecule has 4 nitrogen and oxygen atoms in total. The monoisotopic (exact) mass is 368 g/mol. The zero-order chi connectivity index (χ0) is 18.9. The molecule has 3 rings (SSSR count). The average Bonchev–Trinajstić information content (AvgIpc) is 3.16. The summed E-state index contributed by atoms with van der Waals surface area (Å²) in [6, 6.07) is 16.9. The van der Waals surface area contributed by atoms with Crippen LogP contribution in [0.5, 0.6) is 0 Å². The fraction of sp³-hybridized carbons (Fsp3) is 0.435. The normalized spacial score (nSPS) is 19.3. The lowest BCUT2D eigenvalue weighted by atomic mass is 9.96. The average molecular weight is 368 g/mol. The number of ether oxygens (including phenoxy) is 1. The first-order chi connectivity index (χ1) is 13.3. The van der Waals surface area contributed by atoms with Crippen molar-refractivity contribution in [3.8, 4) is 0 Å². The van der Waals surface area contributed by atoms with Gasteiger partial charge < -0.3 is 4.74 Å². The van der Waals surface area contributed by atoms with E-state index < -0.39 is 6.29 Å². The second-order valence-corrected chi connectivity index (χ2v) is 6.95. The van der Waals surface area contributed by atoms with Gasteiger partial charge in [-0.3, -0.25) is 4.79 Å². The van der Waals surface area contributed by atoms with Gasteiger partial charge in [0.25, 0.3) is 0 Å². The van der Waals surface area contributed by atoms with Gasteiger partial charge in [0, 0.05) is 24.0 Å². The Labute approximate surface area is 161 Å². The number of hydrogen-bond donors (Lipinski definition) is 0. The smallest absolute Gasteiger partial charge is 0.198 e. The number of carbonyl (C=O) groups is 1. The number of hydrogen-bond acceptors (Lipinski definition) is 4. The summed E-state index contributed by atoms with van der Waals surface area (Å²) in [4.78, 5) is 23.5. The molecule has 0 radical (unpaired) electrons. The molecule has 0 N–H and O–H groups in total. The Morgan fingerprint density at radius 2 is 1.56 bits per heavy atom. The van der Waals surface area contributed by atoms with Gasteiger partial charge in [-0.25, -0.2) is 9.78 Å². The maximum atomic E-state index is 12.8. The summed E-state index contributed by atoms with van der Waals surface area (Å²) in [5.74, 6) is 0.0117. The maximum absolute atomic E-state index is 12.8. The van der Waals surface area contributed by atoms with Gasteiger partial charge in [-0.15, -0.1) is 0 Å². The van der Waals surface area contributed by atoms with Gasteiger partial charge in [-0.2, -0.15) is 0 Å². The van der Waals surface area contributed by atoms with Crippen molar-refractivity contribution in [1.29, 1.82) is 0 Å². The third kappa shape index (κ3) is 5.73. The largest absolute Gasteiger partial charge is 0.317 e. The molecule has 2 aromatic rings. The maximum Gasteiger partial charge on any atom is 0.198 e. The number of unbranched alkanes of at least 4 members (excludes halogenated alkanes) is 4. The van der Waals surface area contributed by atoms with Gasteiger partial charge in [0.2, 0.25) is 0 Å². The lowest BCUT2D eigenvalue weighted by Gasteiger charge is -2.12. The van der Waals surface area contributed by atoms with Crippen molar-refractivity contribution in [1.82, 2.24) is 0 Å². The topological polar surface area (TPSA) is 44.8 Å². The van der Waals surface area contributed by atoms with Crippen LogP contribution in [0.3, 0.4) is 0 Å². The van der Waals surface area contributed by atoms with E-state index in [4.69, 9.17) is 14.5 Å². The molecule has 0 saturated carbocycles. The van der Waals surface area contributed by atoms with Gasteiger partial charge in [-0.05, 0) is 12.0 Å². The molecule has 2 atom stereocenters. The summed E-state index contributed by atoms with van der Waals surface area (Å²) in [6.07, 6.45) is 6.57. The molecule has 1 aliphatic rings. The van der Waals surface area contributed by atoms with E-state index in [0.29, 0.717) is 17.5 Å². The third-order valence-electron chi connectivity index (χ3n) is 4.80. The van der Waals surface area contributed by atoms with Crippen LogP contribution in [0.2, 0.25) is 0 Å². The molecule has 0 aromatic heterocycles. The zero-order valence-electron chi connectivity index (χ0n) is 15.9. The van der Waals surface area contributed by atoms with Crippen LogP contribution in [-0.4, -0.2) is 18.4 Å². The van der Waals surface area contributed by atoms with E-state index in [1.54, 1.807) is 0 Å². The van der Waals surface area contributed by atoms with Gasteiger partial charge in [0.15, 0.2) is 18.4 Å². The van der Waals surface area contributed by atoms with Gasteiger partial charge in [0.05, 0.1) is 0 Å². The first kappa shape index (κ1) is 19.7. The fourth-order valence-electron chi connectivity index (χ4n) is 3.30. The second kappa shape index (κ2) is 10.4. The first-order valence-corrected chi connectivity index (χ1v) is 9.93. The van der Waals surface area contributed by atoms with Crippen molar-refractivity contribution in [2.24, 2.45) is 0 Å². The minimum atomic E-state index is -0.477. The van der Waals surface area contributed by atoms with Crippen molar-refractivity contribution in [2.75, 3.05) is 0 Å². The Kier molecular flexibility index (Phi) is 7.57. The molecule has 0 aliphatic carbocycles. The van der Waals surface area contributed by atoms with Gasteiger partial charge >= 0.3 is 0 Å². The molecule has 0 amide bonds. The summed E-state index contributed by atoms with van der Waals surface area (Å²) in [5.41, 5.74) is 2.27. The fourth-order valence-corrected chi connectivity index (χ4v) is 3.30. The minimum absolute atomic E-state index is 0.0117. The van der Waals surface area contributed by atoms with E-state index in [1.165, 1.54) is 25.7 Å². The van der Waals surface area contributed by atoms with Crippen LogP contribution >= 0.6 is 0 Å². The van der Waals surface area contributed by atoms with Crippen LogP contribution < -0.4 is 0 Å². The van der Waals surface area contributed by atoms with E-state index in [1.807, 2.05) is 54.6 Å². The molecule has 2 aromatic carbocycles. The first-order valence-electron chi connectivity index (χ1n) is 9.93. The molecule has 2 unspecified atom stereocenters. The highest BCUT2D eigenvalue weighted by Crippen LogP contribution is 2.24. The SMILES string of the molecule is CCCCCCCC1OOC(Cc2ccccc2C(=O)c2ccccc2)O1. The summed E-state index contributed by atoms with van der Waals surface area (Å²) in [5, 5.41) is 0. The standard InChI is InChI=1S/C23H28O4/c1-2-3-4-5-9-16-21-25-22(27-26-21)17-19-14-10-11-15-20(19)23(24)18-12-7-6-8-13-18/h6-8,10-15,21-22H,2-5,9,16-17H2,1H3. The summed E-state index contributed by atoms with van der Waals surface area (Å²) in [6.45, 7) is 2.21. The molecule has 1 saturated heterocycles. The second-order valence-electron chi connectivity index (χ2n) is 6.95. The predicted molar refractivity (Wildman–Crippen MR) is 104 cm³/mol. The van der Waals surface area contributed by atoms with Crippen LogP contribution in [-0.2, 0) is 20.9 Å². The quantitative estimate of drug-likeness (QED) is 0.318. The van der Waals surface area contributed by atoms with Crippen molar-refractivity contribution in [3.05, 3.63) is 71.3 Å². The van der Waals surface area contributed by atoms with E-state index in [2.05, 4.69) is 6.92 Å². The Bertz CT molecular complexity index is 713. The van der Waals surface area contributed by atoms with Crippen LogP contribution in [0, 0.1) is 0 Å². The highest BCUT2D eigenvalue weighted by molar-refractivity contribution is 6.09. The van der Waals surface area contributed by atoms with Crippen molar-refractivity contribution < 1.29 is 19.3 Å². The van der Waals surface area contributed by atoms with Crippen LogP contribution in [0.25, 0.3) is 0 Å². The van der Waals surface area contributed by atoms with E-state index >= 15 is 0 Å². The summed E-state index contributed by atoms with van der Waals surface area (Å²) >= 11 is 0. The molecular formula is C23H28O4. The van der Waals surface area contributed by atoms with E-state index in [-0.39, 0.29) is 12.1 Å². The lowest BCUT2D eigenvalue weighted by molar-refractivity contribution is -0.296. The number of carbonyl (C=O) groups excluding carboxylic acids is 1. The summed E-state index contributed by atoms with van der Waals surface area (Å²) in [7, 11) is 0. The zero-order valence-corrected chi connectivity index (χ0v) is 15.9. The van der Waals surface area contributed by atoms with Crippen molar-refractivity contribution >= 4 is 5.78 Å². The van der Waals surface area contributed by atoms with E-state index in [9.17, 15) is 4.79 Å². The van der Waals surface area contributed by atoms with Gasteiger partial charge in [-0.1, -0.05) is 87.2 Å². The number of rotatable bonds is 10. The number of ketones is 1. The Morgan fingerprint density at radius 3 is 2.37 bits per heavy atom. The van der Waals surface area contributed by atoms with Crippen LogP contribution in [0.1, 0.15) is 66.9 Å². The molecule has 1 fully saturated rings. The molecule has 1 aliphatic heterocycles. The summed E-state index contributed by atoms with van der Waals surface area (Å²) < 4.78 is 5.86. The molecule has 0 bridgehead atoms. The number of benzene rings is 2. The minimum Gasteiger partial charge on any atom is -0.317 e. The molecule has 144 valence electrons. The van der Waals surface area contributed by atoms with Crippen LogP contribution in [0.4, 0.5) is 0 Å². The van der Waals surface area contributed by atoms with Gasteiger partial charge in [0.1, 0.15) is 0 Å². The van der Waals surface area contributed by atoms with Crippen molar-refractivity contribution in [2.45, 2.75) is 64.4 Å². The highest BCUT2D eigenvalue weighted by Gasteiger charge is 2.28. The third-order valence-corrected chi connectivity index (χ3v) is 4.80. The highest BCUT2D eigenvalue weighted by atomic mass is 17.3. The lowest BCUT2D eigenvalue weighted by Crippen LogP contribution is -2.16. The van der Waals surface area contributed by atoms with E-state index in [0.717, 1.165) is 18.4 Å². The molecule has 4 heteroatoms.